The van der Waals surface area contributed by atoms with Crippen LogP contribution in [-0.4, -0.2) is 29.6 Å². The number of hydrogen-bond donors (Lipinski definition) is 0. The largest absolute Gasteiger partial charge is 0.459 e. The number of esters is 1. The lowest BCUT2D eigenvalue weighted by molar-refractivity contribution is -0.161. The lowest BCUT2D eigenvalue weighted by Crippen LogP contribution is -2.43. The van der Waals surface area contributed by atoms with E-state index in [2.05, 4.69) is 63.8 Å². The molecule has 0 saturated heterocycles. The minimum Gasteiger partial charge on any atom is -0.459 e. The lowest BCUT2D eigenvalue weighted by atomic mass is 9.86. The van der Waals surface area contributed by atoms with Crippen LogP contribution in [0.4, 0.5) is 0 Å². The van der Waals surface area contributed by atoms with E-state index in [-0.39, 0.29) is 17.4 Å². The van der Waals surface area contributed by atoms with Gasteiger partial charge in [-0.2, -0.15) is 0 Å². The maximum atomic E-state index is 12.6. The summed E-state index contributed by atoms with van der Waals surface area (Å²) in [5.41, 5.74) is 2.24. The van der Waals surface area contributed by atoms with E-state index < -0.39 is 5.60 Å². The van der Waals surface area contributed by atoms with Crippen LogP contribution in [0.5, 0.6) is 0 Å². The highest BCUT2D eigenvalue weighted by molar-refractivity contribution is 5.76. The standard InChI is InChI=1S/C22H37NO2/c1-16(2)14-19(20(24)25-22(6,7)8)23(9)15-17-10-12-18(13-11-17)21(3,4)5/h10-13,16,19H,14-15H2,1-9H3/t19-/m0/s1. The van der Waals surface area contributed by atoms with Crippen LogP contribution in [0.3, 0.4) is 0 Å². The van der Waals surface area contributed by atoms with Gasteiger partial charge in [-0.1, -0.05) is 58.9 Å². The van der Waals surface area contributed by atoms with E-state index >= 15 is 0 Å². The van der Waals surface area contributed by atoms with Crippen molar-refractivity contribution < 1.29 is 9.53 Å². The molecule has 1 aromatic carbocycles. The summed E-state index contributed by atoms with van der Waals surface area (Å²) in [6, 6.07) is 8.49. The van der Waals surface area contributed by atoms with Gasteiger partial charge in [0, 0.05) is 6.54 Å². The number of ether oxygens (including phenoxy) is 1. The first-order valence-corrected chi connectivity index (χ1v) is 9.32. The molecule has 3 nitrogen and oxygen atoms in total. The number of hydrogen-bond acceptors (Lipinski definition) is 3. The van der Waals surface area contributed by atoms with Gasteiger partial charge in [0.15, 0.2) is 0 Å². The minimum atomic E-state index is -0.457. The van der Waals surface area contributed by atoms with E-state index in [1.807, 2.05) is 27.8 Å². The van der Waals surface area contributed by atoms with Crippen molar-refractivity contribution >= 4 is 5.97 Å². The molecule has 1 rings (SSSR count). The van der Waals surface area contributed by atoms with Crippen LogP contribution < -0.4 is 0 Å². The molecule has 0 fully saturated rings. The molecule has 0 N–H and O–H groups in total. The molecule has 3 heteroatoms. The molecule has 0 heterocycles. The fourth-order valence-electron chi connectivity index (χ4n) is 2.78. The molecular weight excluding hydrogens is 310 g/mol. The van der Waals surface area contributed by atoms with Crippen molar-refractivity contribution in [1.29, 1.82) is 0 Å². The Kier molecular flexibility index (Phi) is 7.25. The number of benzene rings is 1. The van der Waals surface area contributed by atoms with Crippen molar-refractivity contribution in [2.45, 2.75) is 85.4 Å². The van der Waals surface area contributed by atoms with E-state index in [9.17, 15) is 4.79 Å². The Hall–Kier alpha value is -1.35. The van der Waals surface area contributed by atoms with Crippen LogP contribution in [0, 0.1) is 5.92 Å². The Labute approximate surface area is 154 Å². The van der Waals surface area contributed by atoms with Crippen molar-refractivity contribution in [3.05, 3.63) is 35.4 Å². The van der Waals surface area contributed by atoms with Crippen LogP contribution in [0.1, 0.15) is 72.9 Å². The van der Waals surface area contributed by atoms with E-state index in [0.29, 0.717) is 5.92 Å². The molecule has 0 spiro atoms. The highest BCUT2D eigenvalue weighted by Crippen LogP contribution is 2.23. The van der Waals surface area contributed by atoms with Gasteiger partial charge in [0.2, 0.25) is 0 Å². The second kappa shape index (κ2) is 8.35. The third-order valence-electron chi connectivity index (χ3n) is 4.16. The van der Waals surface area contributed by atoms with Crippen molar-refractivity contribution in [3.63, 3.8) is 0 Å². The average Bonchev–Trinajstić information content (AvgIpc) is 2.42. The van der Waals surface area contributed by atoms with E-state index in [0.717, 1.165) is 13.0 Å². The van der Waals surface area contributed by atoms with E-state index in [1.54, 1.807) is 0 Å². The Bertz CT molecular complexity index is 547. The second-order valence-electron chi connectivity index (χ2n) is 9.54. The number of nitrogens with zero attached hydrogens (tertiary/aromatic N) is 1. The normalized spacial score (nSPS) is 14.0. The maximum Gasteiger partial charge on any atom is 0.323 e. The third kappa shape index (κ3) is 7.60. The monoisotopic (exact) mass is 347 g/mol. The zero-order valence-corrected chi connectivity index (χ0v) is 17.6. The quantitative estimate of drug-likeness (QED) is 0.665. The topological polar surface area (TPSA) is 29.5 Å². The zero-order chi connectivity index (χ0) is 19.4. The third-order valence-corrected chi connectivity index (χ3v) is 4.16. The lowest BCUT2D eigenvalue weighted by Gasteiger charge is -2.31. The molecule has 0 aromatic heterocycles. The highest BCUT2D eigenvalue weighted by atomic mass is 16.6. The zero-order valence-electron chi connectivity index (χ0n) is 17.6. The Balaban J connectivity index is 2.87. The molecule has 0 radical (unpaired) electrons. The molecule has 0 saturated carbocycles. The number of likely N-dealkylation sites (N-methyl/N-ethyl adjacent to an activating group) is 1. The summed E-state index contributed by atoms with van der Waals surface area (Å²) in [6.45, 7) is 17.4. The molecule has 25 heavy (non-hydrogen) atoms. The predicted molar refractivity (Wildman–Crippen MR) is 106 cm³/mol. The number of rotatable bonds is 6. The summed E-state index contributed by atoms with van der Waals surface area (Å²) in [6.07, 6.45) is 0.797. The van der Waals surface area contributed by atoms with Crippen LogP contribution in [0.2, 0.25) is 0 Å². The van der Waals surface area contributed by atoms with Gasteiger partial charge in [0.25, 0.3) is 0 Å². The summed E-state index contributed by atoms with van der Waals surface area (Å²) < 4.78 is 5.64. The van der Waals surface area contributed by atoms with Gasteiger partial charge in [-0.25, -0.2) is 0 Å². The maximum absolute atomic E-state index is 12.6. The summed E-state index contributed by atoms with van der Waals surface area (Å²) >= 11 is 0. The fourth-order valence-corrected chi connectivity index (χ4v) is 2.78. The van der Waals surface area contributed by atoms with Gasteiger partial charge >= 0.3 is 5.97 Å². The molecule has 1 aromatic rings. The Morgan fingerprint density at radius 3 is 1.96 bits per heavy atom. The Morgan fingerprint density at radius 2 is 1.56 bits per heavy atom. The molecule has 142 valence electrons. The van der Waals surface area contributed by atoms with Crippen molar-refractivity contribution in [2.24, 2.45) is 5.92 Å². The second-order valence-corrected chi connectivity index (χ2v) is 9.54. The van der Waals surface area contributed by atoms with Gasteiger partial charge < -0.3 is 4.74 Å². The molecule has 0 aliphatic heterocycles. The van der Waals surface area contributed by atoms with Crippen LogP contribution in [-0.2, 0) is 21.5 Å². The summed E-state index contributed by atoms with van der Waals surface area (Å²) in [7, 11) is 2.01. The van der Waals surface area contributed by atoms with Gasteiger partial charge in [0.1, 0.15) is 11.6 Å². The highest BCUT2D eigenvalue weighted by Gasteiger charge is 2.29. The fraction of sp³-hybridized carbons (Fsp3) is 0.682. The molecule has 1 atom stereocenters. The average molecular weight is 348 g/mol. The van der Waals surface area contributed by atoms with Gasteiger partial charge in [-0.3, -0.25) is 9.69 Å². The molecule has 0 amide bonds. The van der Waals surface area contributed by atoms with E-state index in [4.69, 9.17) is 4.74 Å². The van der Waals surface area contributed by atoms with Crippen molar-refractivity contribution in [1.82, 2.24) is 4.90 Å². The SMILES string of the molecule is CC(C)C[C@@H](C(=O)OC(C)(C)C)N(C)Cc1ccc(C(C)(C)C)cc1. The number of carbonyl (C=O) groups is 1. The number of carbonyl (C=O) groups excluding carboxylic acids is 1. The first-order valence-electron chi connectivity index (χ1n) is 9.32. The van der Waals surface area contributed by atoms with Crippen molar-refractivity contribution in [3.8, 4) is 0 Å². The molecule has 0 bridgehead atoms. The van der Waals surface area contributed by atoms with Gasteiger partial charge in [-0.15, -0.1) is 0 Å². The van der Waals surface area contributed by atoms with Gasteiger partial charge in [-0.05, 0) is 56.7 Å². The smallest absolute Gasteiger partial charge is 0.323 e. The summed E-state index contributed by atoms with van der Waals surface area (Å²) in [4.78, 5) is 14.8. The Morgan fingerprint density at radius 1 is 1.04 bits per heavy atom. The summed E-state index contributed by atoms with van der Waals surface area (Å²) in [5, 5.41) is 0. The molecule has 0 aliphatic carbocycles. The molecule has 0 aliphatic rings. The van der Waals surface area contributed by atoms with Crippen LogP contribution in [0.15, 0.2) is 24.3 Å². The van der Waals surface area contributed by atoms with Crippen molar-refractivity contribution in [2.75, 3.05) is 7.05 Å². The first-order chi connectivity index (χ1) is 11.3. The first kappa shape index (κ1) is 21.7. The van der Waals surface area contributed by atoms with Crippen LogP contribution >= 0.6 is 0 Å². The van der Waals surface area contributed by atoms with E-state index in [1.165, 1.54) is 11.1 Å². The molecular formula is C22H37NO2. The van der Waals surface area contributed by atoms with Gasteiger partial charge in [0.05, 0.1) is 0 Å². The van der Waals surface area contributed by atoms with Crippen LogP contribution in [0.25, 0.3) is 0 Å². The minimum absolute atomic E-state index is 0.130. The summed E-state index contributed by atoms with van der Waals surface area (Å²) in [5.74, 6) is 0.304. The predicted octanol–water partition coefficient (Wildman–Crippen LogP) is 5.17. The molecule has 0 unspecified atom stereocenters.